The summed E-state index contributed by atoms with van der Waals surface area (Å²) in [4.78, 5) is 31.6. The number of hydrogen-bond donors (Lipinski definition) is 1. The number of carbonyl (C=O) groups is 2. The van der Waals surface area contributed by atoms with Crippen LogP contribution in [0.3, 0.4) is 0 Å². The highest BCUT2D eigenvalue weighted by atomic mass is 79.9. The van der Waals surface area contributed by atoms with Gasteiger partial charge in [-0.25, -0.2) is 0 Å². The van der Waals surface area contributed by atoms with Crippen molar-refractivity contribution in [3.05, 3.63) is 68.1 Å². The fourth-order valence-corrected chi connectivity index (χ4v) is 6.65. The van der Waals surface area contributed by atoms with E-state index >= 15 is 0 Å². The molecule has 8 heteroatoms. The summed E-state index contributed by atoms with van der Waals surface area (Å²) in [5.74, 6) is -0.126. The van der Waals surface area contributed by atoms with Crippen molar-refractivity contribution in [2.24, 2.45) is 11.7 Å². The van der Waals surface area contributed by atoms with Crippen LogP contribution < -0.4 is 5.73 Å². The molecule has 1 saturated carbocycles. The van der Waals surface area contributed by atoms with Crippen LogP contribution >= 0.6 is 39.1 Å². The van der Waals surface area contributed by atoms with Crippen molar-refractivity contribution >= 4 is 50.9 Å². The molecule has 4 fully saturated rings. The molecule has 2 aromatic rings. The molecule has 2 atom stereocenters. The van der Waals surface area contributed by atoms with Crippen LogP contribution in [0.4, 0.5) is 0 Å². The van der Waals surface area contributed by atoms with Gasteiger partial charge in [0, 0.05) is 33.5 Å². The third-order valence-electron chi connectivity index (χ3n) is 7.83. The molecule has 1 unspecified atom stereocenters. The second-order valence-electron chi connectivity index (χ2n) is 9.87. The van der Waals surface area contributed by atoms with Crippen LogP contribution in [-0.4, -0.2) is 53.3 Å². The van der Waals surface area contributed by atoms with E-state index in [0.29, 0.717) is 35.2 Å². The summed E-state index contributed by atoms with van der Waals surface area (Å²) in [6, 6.07) is 12.4. The molecule has 180 valence electrons. The second-order valence-corrected chi connectivity index (χ2v) is 11.6. The predicted molar refractivity (Wildman–Crippen MR) is 138 cm³/mol. The van der Waals surface area contributed by atoms with Gasteiger partial charge in [-0.2, -0.15) is 0 Å². The average Bonchev–Trinajstić information content (AvgIpc) is 3.62. The summed E-state index contributed by atoms with van der Waals surface area (Å²) in [6.07, 6.45) is 3.87. The summed E-state index contributed by atoms with van der Waals surface area (Å²) in [5.41, 5.74) is 7.06. The van der Waals surface area contributed by atoms with Crippen LogP contribution in [0.15, 0.2) is 46.9 Å². The Balaban J connectivity index is 1.54. The summed E-state index contributed by atoms with van der Waals surface area (Å²) in [6.45, 7) is 2.88. The average molecular weight is 565 g/mol. The number of carbonyl (C=O) groups excluding carboxylic acids is 2. The van der Waals surface area contributed by atoms with E-state index < -0.39 is 17.4 Å². The molecule has 3 heterocycles. The standard InChI is InChI=1S/C26H28BrCl2N3O2/c27-18-3-1-16(2-4-18)13-22(24(30)33)32(23-15-31-11-7-17(23)8-12-31)25(34)26(9-10-26)20-6-5-19(28)14-21(20)29/h1-6,14,17,22-23H,7-13,15H2,(H2,30,33)/t22-,23?/m1/s1. The second kappa shape index (κ2) is 9.45. The number of fused-ring (bicyclic) bond motifs is 3. The van der Waals surface area contributed by atoms with Crippen LogP contribution in [0.2, 0.25) is 10.0 Å². The molecular formula is C26H28BrCl2N3O2. The summed E-state index contributed by atoms with van der Waals surface area (Å²) >= 11 is 16.2. The van der Waals surface area contributed by atoms with Gasteiger partial charge in [0.05, 0.1) is 5.41 Å². The number of halogens is 3. The molecule has 2 bridgehead atoms. The lowest BCUT2D eigenvalue weighted by Gasteiger charge is -2.51. The van der Waals surface area contributed by atoms with Crippen molar-refractivity contribution in [3.63, 3.8) is 0 Å². The van der Waals surface area contributed by atoms with Crippen molar-refractivity contribution in [2.75, 3.05) is 19.6 Å². The summed E-state index contributed by atoms with van der Waals surface area (Å²) in [7, 11) is 0. The van der Waals surface area contributed by atoms with Gasteiger partial charge in [-0.3, -0.25) is 9.59 Å². The lowest BCUT2D eigenvalue weighted by molar-refractivity contribution is -0.149. The highest BCUT2D eigenvalue weighted by Crippen LogP contribution is 2.53. The van der Waals surface area contributed by atoms with Crippen molar-refractivity contribution in [3.8, 4) is 0 Å². The molecule has 0 aromatic heterocycles. The first-order valence-electron chi connectivity index (χ1n) is 11.8. The van der Waals surface area contributed by atoms with Crippen molar-refractivity contribution in [1.29, 1.82) is 0 Å². The summed E-state index contributed by atoms with van der Waals surface area (Å²) in [5, 5.41) is 1.03. The Labute approximate surface area is 218 Å². The van der Waals surface area contributed by atoms with Gasteiger partial charge >= 0.3 is 0 Å². The molecule has 0 radical (unpaired) electrons. The zero-order valence-electron chi connectivity index (χ0n) is 18.9. The number of benzene rings is 2. The zero-order valence-corrected chi connectivity index (χ0v) is 22.0. The highest BCUT2D eigenvalue weighted by molar-refractivity contribution is 9.10. The molecule has 2 N–H and O–H groups in total. The number of nitrogens with two attached hydrogens (primary N) is 1. The number of hydrogen-bond acceptors (Lipinski definition) is 3. The van der Waals surface area contributed by atoms with Gasteiger partial charge in [-0.15, -0.1) is 0 Å². The van der Waals surface area contributed by atoms with Crippen molar-refractivity contribution < 1.29 is 9.59 Å². The van der Waals surface area contributed by atoms with E-state index in [1.807, 2.05) is 35.2 Å². The first-order valence-corrected chi connectivity index (χ1v) is 13.4. The maximum Gasteiger partial charge on any atom is 0.240 e. The van der Waals surface area contributed by atoms with Crippen LogP contribution in [0.1, 0.15) is 36.8 Å². The Bertz CT molecular complexity index is 1100. The SMILES string of the molecule is NC(=O)[C@@H](Cc1ccc(Br)cc1)N(C(=O)C1(c2ccc(Cl)cc2Cl)CC1)C1CN2CCC1CC2. The van der Waals surface area contributed by atoms with Gasteiger partial charge in [0.2, 0.25) is 11.8 Å². The van der Waals surface area contributed by atoms with Crippen LogP contribution in [-0.2, 0) is 21.4 Å². The number of piperidine rings is 3. The van der Waals surface area contributed by atoms with E-state index in [1.54, 1.807) is 12.1 Å². The largest absolute Gasteiger partial charge is 0.368 e. The Kier molecular flexibility index (Phi) is 6.70. The summed E-state index contributed by atoms with van der Waals surface area (Å²) < 4.78 is 0.964. The Morgan fingerprint density at radius 1 is 1.12 bits per heavy atom. The molecule has 1 aliphatic carbocycles. The number of nitrogens with zero attached hydrogens (tertiary/aromatic N) is 2. The van der Waals surface area contributed by atoms with Gasteiger partial charge in [0.25, 0.3) is 0 Å². The van der Waals surface area contributed by atoms with Gasteiger partial charge in [0.15, 0.2) is 0 Å². The molecule has 0 spiro atoms. The Morgan fingerprint density at radius 2 is 1.79 bits per heavy atom. The molecule has 2 aromatic carbocycles. The van der Waals surface area contributed by atoms with Gasteiger partial charge in [0.1, 0.15) is 6.04 Å². The fraction of sp³-hybridized carbons (Fsp3) is 0.462. The van der Waals surface area contributed by atoms with Crippen LogP contribution in [0, 0.1) is 5.92 Å². The smallest absolute Gasteiger partial charge is 0.240 e. The lowest BCUT2D eigenvalue weighted by Crippen LogP contribution is -2.65. The molecule has 3 aliphatic heterocycles. The van der Waals surface area contributed by atoms with E-state index in [2.05, 4.69) is 20.8 Å². The predicted octanol–water partition coefficient (Wildman–Crippen LogP) is 4.81. The van der Waals surface area contributed by atoms with Crippen LogP contribution in [0.25, 0.3) is 0 Å². The number of rotatable bonds is 7. The lowest BCUT2D eigenvalue weighted by atomic mass is 9.80. The maximum absolute atomic E-state index is 14.4. The molecule has 6 rings (SSSR count). The van der Waals surface area contributed by atoms with Crippen molar-refractivity contribution in [1.82, 2.24) is 9.80 Å². The minimum absolute atomic E-state index is 0.0311. The van der Waals surface area contributed by atoms with Crippen LogP contribution in [0.5, 0.6) is 0 Å². The molecule has 5 nitrogen and oxygen atoms in total. The van der Waals surface area contributed by atoms with E-state index in [1.165, 1.54) is 0 Å². The van der Waals surface area contributed by atoms with Gasteiger partial charge in [-0.1, -0.05) is 57.3 Å². The number of amides is 2. The number of primary amides is 1. The van der Waals surface area contributed by atoms with E-state index in [0.717, 1.165) is 48.1 Å². The third kappa shape index (κ3) is 4.50. The highest BCUT2D eigenvalue weighted by Gasteiger charge is 2.57. The topological polar surface area (TPSA) is 66.6 Å². The first kappa shape index (κ1) is 24.1. The third-order valence-corrected chi connectivity index (χ3v) is 8.90. The van der Waals surface area contributed by atoms with Crippen molar-refractivity contribution in [2.45, 2.75) is 49.6 Å². The zero-order chi connectivity index (χ0) is 24.0. The van der Waals surface area contributed by atoms with E-state index in [4.69, 9.17) is 28.9 Å². The quantitative estimate of drug-likeness (QED) is 0.525. The maximum atomic E-state index is 14.4. The Hall–Kier alpha value is -1.60. The minimum Gasteiger partial charge on any atom is -0.368 e. The van der Waals surface area contributed by atoms with Gasteiger partial charge < -0.3 is 15.5 Å². The van der Waals surface area contributed by atoms with E-state index in [9.17, 15) is 9.59 Å². The fourth-order valence-electron chi connectivity index (χ4n) is 5.80. The molecule has 3 saturated heterocycles. The van der Waals surface area contributed by atoms with E-state index in [-0.39, 0.29) is 11.9 Å². The minimum atomic E-state index is -0.721. The molecule has 2 amide bonds. The normalized spacial score (nSPS) is 25.6. The van der Waals surface area contributed by atoms with Gasteiger partial charge in [-0.05, 0) is 80.1 Å². The Morgan fingerprint density at radius 3 is 2.32 bits per heavy atom. The molecule has 34 heavy (non-hydrogen) atoms. The monoisotopic (exact) mass is 563 g/mol. The first-order chi connectivity index (χ1) is 16.3. The molecular weight excluding hydrogens is 537 g/mol. The molecule has 4 aliphatic rings.